The minimum atomic E-state index is -2.12. The summed E-state index contributed by atoms with van der Waals surface area (Å²) in [5.74, 6) is -18.4. The van der Waals surface area contributed by atoms with Gasteiger partial charge in [-0.15, -0.1) is 0 Å². The first-order valence-corrected chi connectivity index (χ1v) is 19.8. The van der Waals surface area contributed by atoms with Crippen molar-refractivity contribution in [2.24, 2.45) is 11.5 Å². The predicted octanol–water partition coefficient (Wildman–Crippen LogP) is -8.76. The van der Waals surface area contributed by atoms with Crippen LogP contribution in [0.2, 0.25) is 0 Å². The lowest BCUT2D eigenvalue weighted by Crippen LogP contribution is -2.60. The highest BCUT2D eigenvalue weighted by atomic mass is 32.1. The Morgan fingerprint density at radius 1 is 0.462 bits per heavy atom. The number of nitrogens with one attached hydrogen (secondary N) is 8. The first-order chi connectivity index (χ1) is 30.4. The van der Waals surface area contributed by atoms with Gasteiger partial charge in [0.25, 0.3) is 0 Å². The van der Waals surface area contributed by atoms with E-state index in [-0.39, 0.29) is 31.6 Å². The molecule has 366 valence electrons. The SMILES string of the molecule is NCCCC[C@H](NC(=O)[C@H](CCC(=O)O)NC(=O)[C@H](CC(=O)O)NC(=O)[C@H](CO)NC(=O)CNC(=O)[C@H](CC(=O)O)NC(=O)[C@H](CO)NC(=O)[C@@H](N)CS)C(=O)N[C@@H](CC(=O)O)C(=O)O. The number of nitrogens with two attached hydrogens (primary N) is 2. The molecule has 0 aromatic carbocycles. The van der Waals surface area contributed by atoms with Crippen molar-refractivity contribution in [2.75, 3.05) is 32.1 Å². The van der Waals surface area contributed by atoms with Crippen LogP contribution in [0, 0.1) is 0 Å². The molecular weight excluding hydrogens is 900 g/mol. The van der Waals surface area contributed by atoms with Crippen molar-refractivity contribution >= 4 is 89.7 Å². The van der Waals surface area contributed by atoms with Gasteiger partial charge >= 0.3 is 29.8 Å². The molecule has 0 bridgehead atoms. The molecule has 8 atom stereocenters. The highest BCUT2D eigenvalue weighted by molar-refractivity contribution is 7.80. The van der Waals surface area contributed by atoms with Gasteiger partial charge in [0.05, 0.1) is 45.1 Å². The largest absolute Gasteiger partial charge is 0.481 e. The van der Waals surface area contributed by atoms with Crippen LogP contribution in [0.5, 0.6) is 0 Å². The number of carbonyl (C=O) groups excluding carboxylic acids is 8. The molecule has 31 heteroatoms. The summed E-state index contributed by atoms with van der Waals surface area (Å²) in [4.78, 5) is 160. The molecule has 65 heavy (non-hydrogen) atoms. The zero-order valence-corrected chi connectivity index (χ0v) is 35.2. The van der Waals surface area contributed by atoms with Gasteiger partial charge in [-0.25, -0.2) is 4.79 Å². The van der Waals surface area contributed by atoms with Crippen molar-refractivity contribution in [1.29, 1.82) is 0 Å². The van der Waals surface area contributed by atoms with E-state index in [2.05, 4.69) is 23.3 Å². The topological polar surface area (TPSA) is 512 Å². The van der Waals surface area contributed by atoms with Crippen LogP contribution in [0.25, 0.3) is 0 Å². The van der Waals surface area contributed by atoms with Crippen LogP contribution >= 0.6 is 12.6 Å². The third-order valence-corrected chi connectivity index (χ3v) is 8.88. The number of carboxylic acids is 5. The predicted molar refractivity (Wildman–Crippen MR) is 217 cm³/mol. The molecule has 0 aliphatic carbocycles. The van der Waals surface area contributed by atoms with Gasteiger partial charge < -0.3 is 89.7 Å². The van der Waals surface area contributed by atoms with Crippen LogP contribution in [0.1, 0.15) is 51.4 Å². The van der Waals surface area contributed by atoms with Gasteiger partial charge in [0.1, 0.15) is 42.3 Å². The van der Waals surface area contributed by atoms with Gasteiger partial charge in [-0.3, -0.25) is 57.5 Å². The summed E-state index contributed by atoms with van der Waals surface area (Å²) in [7, 11) is 0. The van der Waals surface area contributed by atoms with Gasteiger partial charge in [-0.05, 0) is 32.2 Å². The molecule has 0 spiro atoms. The van der Waals surface area contributed by atoms with E-state index in [9.17, 15) is 93.0 Å². The molecular formula is C34H54N10O20S. The molecule has 0 saturated carbocycles. The maximum atomic E-state index is 13.4. The lowest BCUT2D eigenvalue weighted by atomic mass is 10.0. The summed E-state index contributed by atoms with van der Waals surface area (Å²) in [6.45, 7) is -3.20. The zero-order chi connectivity index (χ0) is 50.0. The average Bonchev–Trinajstić information content (AvgIpc) is 3.22. The number of hydrogen-bond acceptors (Lipinski definition) is 18. The van der Waals surface area contributed by atoms with E-state index in [1.54, 1.807) is 0 Å². The lowest BCUT2D eigenvalue weighted by Gasteiger charge is -2.26. The highest BCUT2D eigenvalue weighted by Gasteiger charge is 2.35. The minimum absolute atomic E-state index is 0.117. The molecule has 8 amide bonds. The molecule has 0 heterocycles. The summed E-state index contributed by atoms with van der Waals surface area (Å²) >= 11 is 3.82. The number of aliphatic hydroxyl groups is 2. The normalized spacial score (nSPS) is 14.4. The van der Waals surface area contributed by atoms with Gasteiger partial charge in [-0.1, -0.05) is 0 Å². The van der Waals surface area contributed by atoms with Crippen molar-refractivity contribution in [2.45, 2.75) is 99.7 Å². The first-order valence-electron chi connectivity index (χ1n) is 19.2. The van der Waals surface area contributed by atoms with E-state index in [1.165, 1.54) is 0 Å². The minimum Gasteiger partial charge on any atom is -0.481 e. The Balaban J connectivity index is 6.09. The molecule has 0 aromatic rings. The van der Waals surface area contributed by atoms with Gasteiger partial charge in [0.2, 0.25) is 47.3 Å². The van der Waals surface area contributed by atoms with Crippen LogP contribution in [-0.2, 0) is 62.3 Å². The second-order valence-electron chi connectivity index (χ2n) is 13.7. The third-order valence-electron chi connectivity index (χ3n) is 8.48. The first kappa shape index (κ1) is 58.3. The number of carbonyl (C=O) groups is 13. The van der Waals surface area contributed by atoms with Crippen LogP contribution in [0.4, 0.5) is 0 Å². The van der Waals surface area contributed by atoms with E-state index in [0.717, 1.165) is 0 Å². The van der Waals surface area contributed by atoms with Crippen molar-refractivity contribution < 1.29 is 98.1 Å². The Morgan fingerprint density at radius 2 is 0.846 bits per heavy atom. The molecule has 0 unspecified atom stereocenters. The van der Waals surface area contributed by atoms with Crippen molar-refractivity contribution in [3.63, 3.8) is 0 Å². The van der Waals surface area contributed by atoms with Gasteiger partial charge in [-0.2, -0.15) is 12.6 Å². The monoisotopic (exact) mass is 954 g/mol. The average molecular weight is 955 g/mol. The Hall–Kier alpha value is -6.70. The van der Waals surface area contributed by atoms with Crippen molar-refractivity contribution in [1.82, 2.24) is 42.5 Å². The quantitative estimate of drug-likeness (QED) is 0.0214. The fourth-order valence-corrected chi connectivity index (χ4v) is 5.25. The third kappa shape index (κ3) is 23.5. The summed E-state index contributed by atoms with van der Waals surface area (Å²) < 4.78 is 0. The van der Waals surface area contributed by atoms with Crippen LogP contribution in [0.3, 0.4) is 0 Å². The highest BCUT2D eigenvalue weighted by Crippen LogP contribution is 2.07. The van der Waals surface area contributed by atoms with Gasteiger partial charge in [0.15, 0.2) is 0 Å². The number of aliphatic carboxylic acids is 5. The molecule has 0 saturated heterocycles. The van der Waals surface area contributed by atoms with Crippen molar-refractivity contribution in [3.05, 3.63) is 0 Å². The number of hydrogen-bond donors (Lipinski definition) is 18. The fourth-order valence-electron chi connectivity index (χ4n) is 5.09. The Kier molecular flexibility index (Phi) is 27.3. The van der Waals surface area contributed by atoms with E-state index < -0.39 is 177 Å². The van der Waals surface area contributed by atoms with Crippen LogP contribution in [0.15, 0.2) is 0 Å². The van der Waals surface area contributed by atoms with E-state index in [4.69, 9.17) is 16.6 Å². The maximum Gasteiger partial charge on any atom is 0.326 e. The molecule has 0 rings (SSSR count). The maximum absolute atomic E-state index is 13.4. The molecule has 0 aliphatic rings. The van der Waals surface area contributed by atoms with Crippen LogP contribution < -0.4 is 54.0 Å². The summed E-state index contributed by atoms with van der Waals surface area (Å²) in [6.07, 6.45) is -4.69. The summed E-state index contributed by atoms with van der Waals surface area (Å²) in [6, 6.07) is -14.4. The number of unbranched alkanes of at least 4 members (excludes halogenated alkanes) is 1. The lowest BCUT2D eigenvalue weighted by molar-refractivity contribution is -0.147. The number of rotatable bonds is 33. The second kappa shape index (κ2) is 30.4. The van der Waals surface area contributed by atoms with E-state index in [0.29, 0.717) is 0 Å². The van der Waals surface area contributed by atoms with Gasteiger partial charge in [0, 0.05) is 12.2 Å². The Labute approximate surface area is 373 Å². The Bertz CT molecular complexity index is 1750. The number of amides is 8. The zero-order valence-electron chi connectivity index (χ0n) is 34.4. The molecule has 0 radical (unpaired) electrons. The molecule has 0 fully saturated rings. The van der Waals surface area contributed by atoms with E-state index in [1.807, 2.05) is 31.9 Å². The van der Waals surface area contributed by atoms with E-state index >= 15 is 0 Å². The molecule has 30 nitrogen and oxygen atoms in total. The smallest absolute Gasteiger partial charge is 0.326 e. The molecule has 0 aromatic heterocycles. The number of aliphatic hydroxyl groups excluding tert-OH is 2. The standard InChI is InChI=1S/C34H54N10O20S/c35-6-2-1-3-15(29(58)43-19(34(63)64)9-26(54)55)39-30(59)16(4-5-23(48)49)40-31(60)18(8-25(52)53)42-32(61)20(11-45)38-22(47)10-37-28(57)17(7-24(50)51)41-33(62)21(12-46)44-27(56)14(36)13-65/h14-21,45-46,65H,1-13,35-36H2,(H,37,57)(H,38,47)(H,39,59)(H,40,60)(H,41,62)(H,42,61)(H,43,58)(H,44,56)(H,48,49)(H,50,51)(H,52,53)(H,54,55)(H,63,64)/t14-,15-,16-,17-,18-,19-,20-,21-/m0/s1. The number of carboxylic acid groups (broad SMARTS) is 5. The van der Waals surface area contributed by atoms with Crippen molar-refractivity contribution in [3.8, 4) is 0 Å². The summed E-state index contributed by atoms with van der Waals surface area (Å²) in [5, 5.41) is 81.8. The van der Waals surface area contributed by atoms with Crippen LogP contribution in [-0.4, -0.2) is 193 Å². The molecule has 19 N–H and O–H groups in total. The second-order valence-corrected chi connectivity index (χ2v) is 14.1. The number of thiol groups is 1. The fraction of sp³-hybridized carbons (Fsp3) is 0.618. The summed E-state index contributed by atoms with van der Waals surface area (Å²) in [5.41, 5.74) is 11.0. The molecule has 0 aliphatic heterocycles. The Morgan fingerprint density at radius 3 is 1.28 bits per heavy atom.